The Labute approximate surface area is 139 Å². The summed E-state index contributed by atoms with van der Waals surface area (Å²) in [6.07, 6.45) is 2.67. The van der Waals surface area contributed by atoms with E-state index in [1.165, 1.54) is 0 Å². The van der Waals surface area contributed by atoms with Crippen LogP contribution in [-0.2, 0) is 11.2 Å². The number of anilines is 1. The number of hydrogen-bond acceptors (Lipinski definition) is 4. The Morgan fingerprint density at radius 2 is 2.19 bits per heavy atom. The number of rotatable bonds is 5. The highest BCUT2D eigenvalue weighted by molar-refractivity contribution is 9.11. The van der Waals surface area contributed by atoms with Crippen LogP contribution in [0.4, 0.5) is 5.82 Å². The summed E-state index contributed by atoms with van der Waals surface area (Å²) in [6.45, 7) is 4.19. The van der Waals surface area contributed by atoms with Crippen molar-refractivity contribution >= 4 is 49.2 Å². The fourth-order valence-electron chi connectivity index (χ4n) is 2.04. The number of hydrogen-bond donors (Lipinski definition) is 3. The number of fused-ring (bicyclic) bond motifs is 1. The van der Waals surface area contributed by atoms with Gasteiger partial charge in [-0.05, 0) is 50.3 Å². The molecule has 0 aliphatic carbocycles. The van der Waals surface area contributed by atoms with E-state index in [-0.39, 0.29) is 6.54 Å². The Hall–Kier alpha value is -1.12. The van der Waals surface area contributed by atoms with Crippen molar-refractivity contribution < 1.29 is 10.0 Å². The fraction of sp³-hybridized carbons (Fsp3) is 0.385. The lowest BCUT2D eigenvalue weighted by Gasteiger charge is -2.09. The van der Waals surface area contributed by atoms with Crippen molar-refractivity contribution in [2.24, 2.45) is 5.92 Å². The number of pyridine rings is 1. The van der Waals surface area contributed by atoms with Gasteiger partial charge >= 0.3 is 0 Å². The number of nitrogens with one attached hydrogen (secondary N) is 2. The second-order valence-electron chi connectivity index (χ2n) is 5.09. The molecular weight excluding hydrogens is 404 g/mol. The van der Waals surface area contributed by atoms with Crippen LogP contribution in [0.2, 0.25) is 0 Å². The van der Waals surface area contributed by atoms with E-state index in [1.807, 2.05) is 16.7 Å². The first-order chi connectivity index (χ1) is 9.92. The molecule has 114 valence electrons. The minimum atomic E-state index is -0.505. The first-order valence-corrected chi connectivity index (χ1v) is 8.03. The van der Waals surface area contributed by atoms with Crippen LogP contribution < -0.4 is 10.8 Å². The van der Waals surface area contributed by atoms with E-state index >= 15 is 0 Å². The third-order valence-electron chi connectivity index (χ3n) is 2.86. The summed E-state index contributed by atoms with van der Waals surface area (Å²) in [6, 6.07) is 1.92. The van der Waals surface area contributed by atoms with Crippen molar-refractivity contribution in [3.8, 4) is 0 Å². The van der Waals surface area contributed by atoms with Gasteiger partial charge in [0.25, 0.3) is 5.91 Å². The normalized spacial score (nSPS) is 11.1. The summed E-state index contributed by atoms with van der Waals surface area (Å²) in [4.78, 5) is 15.9. The van der Waals surface area contributed by atoms with E-state index in [0.29, 0.717) is 5.92 Å². The van der Waals surface area contributed by atoms with Crippen molar-refractivity contribution in [2.75, 3.05) is 11.9 Å². The molecule has 0 saturated carbocycles. The number of carbonyl (C=O) groups is 1. The van der Waals surface area contributed by atoms with Crippen molar-refractivity contribution in [2.45, 2.75) is 20.3 Å². The molecule has 0 unspecified atom stereocenters. The fourth-order valence-corrected chi connectivity index (χ4v) is 3.31. The van der Waals surface area contributed by atoms with Crippen LogP contribution in [0.15, 0.2) is 21.2 Å². The summed E-state index contributed by atoms with van der Waals surface area (Å²) >= 11 is 6.94. The van der Waals surface area contributed by atoms with Crippen LogP contribution >= 0.6 is 31.9 Å². The Bertz CT molecular complexity index is 670. The molecule has 2 aromatic rings. The number of aromatic nitrogens is 2. The first-order valence-electron chi connectivity index (χ1n) is 6.45. The van der Waals surface area contributed by atoms with Gasteiger partial charge in [-0.15, -0.1) is 0 Å². The molecule has 0 atom stereocenters. The monoisotopic (exact) mass is 418 g/mol. The highest BCUT2D eigenvalue weighted by atomic mass is 79.9. The Kier molecular flexibility index (Phi) is 5.23. The Morgan fingerprint density at radius 3 is 2.81 bits per heavy atom. The van der Waals surface area contributed by atoms with Gasteiger partial charge in [0.05, 0.1) is 16.7 Å². The number of hydroxylamine groups is 1. The van der Waals surface area contributed by atoms with Gasteiger partial charge in [0.2, 0.25) is 0 Å². The average Bonchev–Trinajstić information content (AvgIpc) is 2.73. The predicted molar refractivity (Wildman–Crippen MR) is 87.6 cm³/mol. The van der Waals surface area contributed by atoms with Crippen LogP contribution in [0.5, 0.6) is 0 Å². The minimum Gasteiger partial charge on any atom is -0.360 e. The number of amides is 1. The molecule has 0 saturated heterocycles. The maximum absolute atomic E-state index is 11.2. The Morgan fingerprint density at radius 1 is 1.48 bits per heavy atom. The molecule has 0 bridgehead atoms. The minimum absolute atomic E-state index is 0.0283. The van der Waals surface area contributed by atoms with E-state index < -0.39 is 5.91 Å². The molecule has 2 heterocycles. The number of halogens is 2. The third-order valence-corrected chi connectivity index (χ3v) is 3.87. The highest BCUT2D eigenvalue weighted by Crippen LogP contribution is 2.28. The van der Waals surface area contributed by atoms with Gasteiger partial charge in [-0.2, -0.15) is 0 Å². The molecule has 0 aliphatic rings. The largest absolute Gasteiger partial charge is 0.360 e. The number of carbonyl (C=O) groups excluding carboxylic acids is 1. The maximum atomic E-state index is 11.2. The second-order valence-corrected chi connectivity index (χ2v) is 6.86. The van der Waals surface area contributed by atoms with E-state index in [0.717, 1.165) is 32.5 Å². The van der Waals surface area contributed by atoms with E-state index in [4.69, 9.17) is 5.21 Å². The van der Waals surface area contributed by atoms with Gasteiger partial charge in [0.15, 0.2) is 5.65 Å². The quantitative estimate of drug-likeness (QED) is 0.514. The molecule has 8 heteroatoms. The van der Waals surface area contributed by atoms with E-state index in [9.17, 15) is 4.79 Å². The molecule has 2 rings (SSSR count). The maximum Gasteiger partial charge on any atom is 0.262 e. The molecule has 6 nitrogen and oxygen atoms in total. The zero-order valence-corrected chi connectivity index (χ0v) is 14.8. The lowest BCUT2D eigenvalue weighted by Crippen LogP contribution is -2.27. The van der Waals surface area contributed by atoms with Gasteiger partial charge in [0, 0.05) is 10.7 Å². The molecule has 2 aromatic heterocycles. The molecule has 1 amide bonds. The summed E-state index contributed by atoms with van der Waals surface area (Å²) < 4.78 is 3.64. The van der Waals surface area contributed by atoms with Crippen molar-refractivity contribution in [3.05, 3.63) is 26.9 Å². The summed E-state index contributed by atoms with van der Waals surface area (Å²) in [7, 11) is 0. The SMILES string of the molecule is CC(C)Cc1nc2c(Br)cc(Br)cn2c1NCC(=O)NO. The van der Waals surface area contributed by atoms with E-state index in [1.54, 1.807) is 5.48 Å². The summed E-state index contributed by atoms with van der Waals surface area (Å²) in [5, 5.41) is 11.6. The van der Waals surface area contributed by atoms with Crippen molar-refractivity contribution in [1.82, 2.24) is 14.9 Å². The van der Waals surface area contributed by atoms with Crippen molar-refractivity contribution in [1.29, 1.82) is 0 Å². The molecule has 0 radical (unpaired) electrons. The van der Waals surface area contributed by atoms with Gasteiger partial charge in [-0.3, -0.25) is 14.4 Å². The van der Waals surface area contributed by atoms with E-state index in [2.05, 4.69) is 56.0 Å². The smallest absolute Gasteiger partial charge is 0.262 e. The highest BCUT2D eigenvalue weighted by Gasteiger charge is 2.16. The molecule has 0 aliphatic heterocycles. The number of imidazole rings is 1. The van der Waals surface area contributed by atoms with Crippen LogP contribution in [0.25, 0.3) is 5.65 Å². The summed E-state index contributed by atoms with van der Waals surface area (Å²) in [5.41, 5.74) is 3.27. The topological polar surface area (TPSA) is 78.7 Å². The molecule has 3 N–H and O–H groups in total. The molecule has 0 aromatic carbocycles. The Balaban J connectivity index is 2.48. The van der Waals surface area contributed by atoms with Gasteiger partial charge in [-0.1, -0.05) is 13.8 Å². The zero-order valence-electron chi connectivity index (χ0n) is 11.7. The summed E-state index contributed by atoms with van der Waals surface area (Å²) in [5.74, 6) is 0.683. The average molecular weight is 420 g/mol. The first kappa shape index (κ1) is 16.3. The van der Waals surface area contributed by atoms with Gasteiger partial charge < -0.3 is 5.32 Å². The van der Waals surface area contributed by atoms with Gasteiger partial charge in [-0.25, -0.2) is 10.5 Å². The predicted octanol–water partition coefficient (Wildman–Crippen LogP) is 2.98. The molecular formula is C13H16Br2N4O2. The lowest BCUT2D eigenvalue weighted by atomic mass is 10.1. The van der Waals surface area contributed by atoms with Crippen LogP contribution in [0, 0.1) is 5.92 Å². The van der Waals surface area contributed by atoms with Gasteiger partial charge in [0.1, 0.15) is 5.82 Å². The number of nitrogens with zero attached hydrogens (tertiary/aromatic N) is 2. The lowest BCUT2D eigenvalue weighted by molar-refractivity contribution is -0.127. The molecule has 21 heavy (non-hydrogen) atoms. The van der Waals surface area contributed by atoms with Crippen LogP contribution in [-0.4, -0.2) is 27.0 Å². The van der Waals surface area contributed by atoms with Crippen molar-refractivity contribution in [3.63, 3.8) is 0 Å². The standard InChI is InChI=1S/C13H16Br2N4O2/c1-7(2)3-10-13(16-5-11(20)18-21)19-6-8(14)4-9(15)12(19)17-10/h4,6-7,16,21H,3,5H2,1-2H3,(H,18,20). The molecule has 0 spiro atoms. The third kappa shape index (κ3) is 3.75. The van der Waals surface area contributed by atoms with Crippen LogP contribution in [0.3, 0.4) is 0 Å². The van der Waals surface area contributed by atoms with Crippen LogP contribution in [0.1, 0.15) is 19.5 Å². The zero-order chi connectivity index (χ0) is 15.6. The second kappa shape index (κ2) is 6.76. The molecule has 0 fully saturated rings.